The largest absolute Gasteiger partial charge is 0.494 e. The van der Waals surface area contributed by atoms with E-state index < -0.39 is 0 Å². The molecule has 0 amide bonds. The maximum Gasteiger partial charge on any atom is 0.119 e. The lowest BCUT2D eigenvalue weighted by molar-refractivity contribution is 0.301. The number of halogens is 3. The fraction of sp³-hybridized carbons (Fsp3) is 0.250. The molecule has 0 saturated carbocycles. The summed E-state index contributed by atoms with van der Waals surface area (Å²) in [6.45, 7) is 0.615. The van der Waals surface area contributed by atoms with E-state index in [2.05, 4.69) is 15.9 Å². The van der Waals surface area contributed by atoms with Gasteiger partial charge in [0, 0.05) is 21.3 Å². The van der Waals surface area contributed by atoms with E-state index in [9.17, 15) is 0 Å². The van der Waals surface area contributed by atoms with E-state index in [1.165, 1.54) is 0 Å². The highest BCUT2D eigenvalue weighted by molar-refractivity contribution is 9.10. The van der Waals surface area contributed by atoms with Crippen LogP contribution in [-0.2, 0) is 0 Å². The molecule has 2 aromatic rings. The summed E-state index contributed by atoms with van der Waals surface area (Å²) >= 11 is 15.7. The van der Waals surface area contributed by atoms with E-state index >= 15 is 0 Å². The first kappa shape index (κ1) is 15.7. The van der Waals surface area contributed by atoms with E-state index in [1.54, 1.807) is 0 Å². The maximum atomic E-state index is 6.21. The average Bonchev–Trinajstić information content (AvgIpc) is 2.47. The van der Waals surface area contributed by atoms with Crippen molar-refractivity contribution in [1.82, 2.24) is 0 Å². The van der Waals surface area contributed by atoms with Crippen LogP contribution in [0.25, 0.3) is 0 Å². The van der Waals surface area contributed by atoms with Crippen molar-refractivity contribution in [3.05, 3.63) is 63.6 Å². The second-order valence-electron chi connectivity index (χ2n) is 4.46. The molecular formula is C16H15BrCl2O. The predicted molar refractivity (Wildman–Crippen MR) is 89.2 cm³/mol. The van der Waals surface area contributed by atoms with Crippen molar-refractivity contribution < 1.29 is 4.74 Å². The topological polar surface area (TPSA) is 9.23 Å². The smallest absolute Gasteiger partial charge is 0.119 e. The highest BCUT2D eigenvalue weighted by Crippen LogP contribution is 2.28. The number of alkyl halides is 1. The molecule has 0 aromatic heterocycles. The molecule has 1 nitrogen and oxygen atoms in total. The number of hydrogen-bond donors (Lipinski definition) is 0. The predicted octanol–water partition coefficient (Wildman–Crippen LogP) is 5.89. The van der Waals surface area contributed by atoms with Gasteiger partial charge in [0.25, 0.3) is 0 Å². The molecule has 0 N–H and O–H groups in total. The van der Waals surface area contributed by atoms with Crippen LogP contribution in [0.15, 0.2) is 53.0 Å². The molecule has 2 aromatic carbocycles. The van der Waals surface area contributed by atoms with E-state index in [0.29, 0.717) is 12.5 Å². The van der Waals surface area contributed by atoms with Crippen LogP contribution >= 0.6 is 39.1 Å². The minimum atomic E-state index is 0.209. The van der Waals surface area contributed by atoms with Gasteiger partial charge in [-0.2, -0.15) is 0 Å². The number of rotatable bonds is 6. The van der Waals surface area contributed by atoms with Crippen molar-refractivity contribution >= 4 is 39.1 Å². The molecule has 4 heteroatoms. The van der Waals surface area contributed by atoms with Gasteiger partial charge in [-0.25, -0.2) is 0 Å². The zero-order chi connectivity index (χ0) is 14.4. The molecule has 0 radical (unpaired) electrons. The van der Waals surface area contributed by atoms with Crippen molar-refractivity contribution in [3.63, 3.8) is 0 Å². The third-order valence-electron chi connectivity index (χ3n) is 3.08. The summed E-state index contributed by atoms with van der Waals surface area (Å²) in [6.07, 6.45) is 0.837. The number of ether oxygens (including phenoxy) is 1. The van der Waals surface area contributed by atoms with Gasteiger partial charge in [-0.1, -0.05) is 45.7 Å². The molecule has 2 rings (SSSR count). The Hall–Kier alpha value is -0.700. The van der Waals surface area contributed by atoms with E-state index in [1.807, 2.05) is 48.5 Å². The highest BCUT2D eigenvalue weighted by Gasteiger charge is 2.13. The average molecular weight is 374 g/mol. The van der Waals surface area contributed by atoms with Crippen LogP contribution in [0, 0.1) is 0 Å². The molecule has 0 spiro atoms. The Morgan fingerprint density at radius 3 is 2.40 bits per heavy atom. The molecule has 20 heavy (non-hydrogen) atoms. The van der Waals surface area contributed by atoms with Crippen molar-refractivity contribution in [2.75, 3.05) is 12.5 Å². The molecule has 1 atom stereocenters. The first-order valence-electron chi connectivity index (χ1n) is 6.39. The van der Waals surface area contributed by atoms with Crippen LogP contribution < -0.4 is 4.74 Å². The lowest BCUT2D eigenvalue weighted by Crippen LogP contribution is -2.08. The molecule has 0 aliphatic carbocycles. The summed E-state index contributed by atoms with van der Waals surface area (Å²) in [7, 11) is 0. The Bertz CT molecular complexity index is 542. The van der Waals surface area contributed by atoms with Crippen molar-refractivity contribution in [3.8, 4) is 5.75 Å². The molecule has 1 unspecified atom stereocenters. The molecule has 0 aliphatic heterocycles. The van der Waals surface area contributed by atoms with Crippen molar-refractivity contribution in [2.45, 2.75) is 12.3 Å². The van der Waals surface area contributed by atoms with Crippen molar-refractivity contribution in [1.29, 1.82) is 0 Å². The molecule has 0 heterocycles. The number of benzene rings is 2. The van der Waals surface area contributed by atoms with Crippen LogP contribution in [-0.4, -0.2) is 12.5 Å². The Balaban J connectivity index is 1.91. The third kappa shape index (κ3) is 4.41. The first-order valence-corrected chi connectivity index (χ1v) is 8.10. The van der Waals surface area contributed by atoms with Gasteiger partial charge in [-0.15, -0.1) is 11.6 Å². The Morgan fingerprint density at radius 1 is 1.05 bits per heavy atom. The summed E-state index contributed by atoms with van der Waals surface area (Å²) in [5.74, 6) is 1.61. The van der Waals surface area contributed by atoms with Crippen molar-refractivity contribution in [2.24, 2.45) is 0 Å². The fourth-order valence-electron chi connectivity index (χ4n) is 1.97. The third-order valence-corrected chi connectivity index (χ3v) is 4.33. The Labute approximate surface area is 138 Å². The first-order chi connectivity index (χ1) is 9.70. The van der Waals surface area contributed by atoms with Crippen LogP contribution in [0.2, 0.25) is 5.02 Å². The highest BCUT2D eigenvalue weighted by atomic mass is 79.9. The summed E-state index contributed by atoms with van der Waals surface area (Å²) in [6, 6.07) is 15.6. The van der Waals surface area contributed by atoms with Crippen LogP contribution in [0.3, 0.4) is 0 Å². The SMILES string of the molecule is ClCC(CCOc1ccc(Br)cc1)c1ccccc1Cl. The normalized spacial score (nSPS) is 12.2. The molecule has 0 aliphatic rings. The second-order valence-corrected chi connectivity index (χ2v) is 6.10. The number of hydrogen-bond acceptors (Lipinski definition) is 1. The molecular weight excluding hydrogens is 359 g/mol. The van der Waals surface area contributed by atoms with Crippen LogP contribution in [0.1, 0.15) is 17.9 Å². The standard InChI is InChI=1S/C16H15BrCl2O/c17-13-5-7-14(8-6-13)20-10-9-12(11-18)15-3-1-2-4-16(15)19/h1-8,12H,9-11H2. The fourth-order valence-corrected chi connectivity index (χ4v) is 2.85. The summed E-state index contributed by atoms with van der Waals surface area (Å²) in [5.41, 5.74) is 1.09. The Morgan fingerprint density at radius 2 is 1.75 bits per heavy atom. The van der Waals surface area contributed by atoms with Gasteiger partial charge in [0.1, 0.15) is 5.75 Å². The molecule has 0 fully saturated rings. The summed E-state index contributed by atoms with van der Waals surface area (Å²) < 4.78 is 6.77. The summed E-state index contributed by atoms with van der Waals surface area (Å²) in [5, 5.41) is 0.766. The van der Waals surface area contributed by atoms with Gasteiger partial charge >= 0.3 is 0 Å². The van der Waals surface area contributed by atoms with E-state index in [4.69, 9.17) is 27.9 Å². The van der Waals surface area contributed by atoms with Gasteiger partial charge in [0.2, 0.25) is 0 Å². The van der Waals surface area contributed by atoms with E-state index in [-0.39, 0.29) is 5.92 Å². The van der Waals surface area contributed by atoms with E-state index in [0.717, 1.165) is 27.2 Å². The van der Waals surface area contributed by atoms with Gasteiger partial charge in [0.05, 0.1) is 6.61 Å². The van der Waals surface area contributed by atoms with Gasteiger partial charge in [-0.3, -0.25) is 0 Å². The lowest BCUT2D eigenvalue weighted by atomic mass is 9.98. The lowest BCUT2D eigenvalue weighted by Gasteiger charge is -2.16. The maximum absolute atomic E-state index is 6.21. The Kier molecular flexibility index (Phi) is 6.21. The zero-order valence-corrected chi connectivity index (χ0v) is 14.0. The van der Waals surface area contributed by atoms with Gasteiger partial charge < -0.3 is 4.74 Å². The van der Waals surface area contributed by atoms with Crippen LogP contribution in [0.4, 0.5) is 0 Å². The zero-order valence-electron chi connectivity index (χ0n) is 10.9. The minimum absolute atomic E-state index is 0.209. The van der Waals surface area contributed by atoms with Gasteiger partial charge in [0.15, 0.2) is 0 Å². The molecule has 106 valence electrons. The minimum Gasteiger partial charge on any atom is -0.494 e. The second kappa shape index (κ2) is 7.92. The molecule has 0 saturated heterocycles. The molecule has 0 bridgehead atoms. The monoisotopic (exact) mass is 372 g/mol. The van der Waals surface area contributed by atoms with Gasteiger partial charge in [-0.05, 0) is 42.3 Å². The quantitative estimate of drug-likeness (QED) is 0.573. The summed E-state index contributed by atoms with van der Waals surface area (Å²) in [4.78, 5) is 0. The van der Waals surface area contributed by atoms with Crippen LogP contribution in [0.5, 0.6) is 5.75 Å².